The van der Waals surface area contributed by atoms with Gasteiger partial charge >= 0.3 is 0 Å². The van der Waals surface area contributed by atoms with Crippen LogP contribution in [-0.2, 0) is 11.9 Å². The fraction of sp³-hybridized carbons (Fsp3) is 0.154. The van der Waals surface area contributed by atoms with Crippen molar-refractivity contribution >= 4 is 39.1 Å². The third kappa shape index (κ3) is 3.37. The van der Waals surface area contributed by atoms with E-state index in [0.29, 0.717) is 22.4 Å². The van der Waals surface area contributed by atoms with E-state index >= 15 is 0 Å². The lowest BCUT2D eigenvalue weighted by Crippen LogP contribution is -1.97. The molecule has 0 amide bonds. The van der Waals surface area contributed by atoms with Gasteiger partial charge in [0.05, 0.1) is 10.0 Å². The molecule has 2 nitrogen and oxygen atoms in total. The Labute approximate surface area is 124 Å². The second-order valence-electron chi connectivity index (χ2n) is 3.65. The number of nitrogens with zero attached hydrogens (tertiary/aromatic N) is 1. The lowest BCUT2D eigenvalue weighted by atomic mass is 10.2. The van der Waals surface area contributed by atoms with Crippen LogP contribution in [0.25, 0.3) is 0 Å². The van der Waals surface area contributed by atoms with Gasteiger partial charge in [-0.2, -0.15) is 0 Å². The van der Waals surface area contributed by atoms with Crippen LogP contribution in [0.2, 0.25) is 10.0 Å². The summed E-state index contributed by atoms with van der Waals surface area (Å²) >= 11 is 15.5. The van der Waals surface area contributed by atoms with Crippen LogP contribution in [0.1, 0.15) is 11.1 Å². The summed E-state index contributed by atoms with van der Waals surface area (Å²) in [6.07, 6.45) is 3.27. The van der Waals surface area contributed by atoms with E-state index < -0.39 is 0 Å². The van der Waals surface area contributed by atoms with Gasteiger partial charge in [0.2, 0.25) is 0 Å². The zero-order valence-electron chi connectivity index (χ0n) is 9.37. The smallest absolute Gasteiger partial charge is 0.138 e. The van der Waals surface area contributed by atoms with Gasteiger partial charge in [0.15, 0.2) is 0 Å². The Morgan fingerprint density at radius 2 is 2.00 bits per heavy atom. The molecule has 2 aromatic rings. The summed E-state index contributed by atoms with van der Waals surface area (Å²) in [5.74, 6) is 0.647. The van der Waals surface area contributed by atoms with E-state index in [1.54, 1.807) is 12.4 Å². The number of hydrogen-bond acceptors (Lipinski definition) is 2. The van der Waals surface area contributed by atoms with Crippen molar-refractivity contribution in [3.05, 3.63) is 57.8 Å². The summed E-state index contributed by atoms with van der Waals surface area (Å²) in [7, 11) is 0. The maximum atomic E-state index is 6.12. The summed E-state index contributed by atoms with van der Waals surface area (Å²) in [5, 5.41) is 1.95. The maximum absolute atomic E-state index is 6.12. The lowest BCUT2D eigenvalue weighted by molar-refractivity contribution is 0.306. The number of hydrogen-bond donors (Lipinski definition) is 0. The molecule has 0 N–H and O–H groups in total. The molecule has 0 atom stereocenters. The van der Waals surface area contributed by atoms with Crippen molar-refractivity contribution in [1.29, 1.82) is 0 Å². The molecule has 94 valence electrons. The molecule has 0 saturated carbocycles. The Morgan fingerprint density at radius 3 is 2.67 bits per heavy atom. The Hall–Kier alpha value is -0.770. The monoisotopic (exact) mass is 345 g/mol. The number of halogens is 3. The first-order chi connectivity index (χ1) is 8.70. The summed E-state index contributed by atoms with van der Waals surface area (Å²) in [6, 6.07) is 7.51. The molecule has 0 spiro atoms. The van der Waals surface area contributed by atoms with Crippen LogP contribution >= 0.6 is 39.1 Å². The third-order valence-electron chi connectivity index (χ3n) is 2.39. The van der Waals surface area contributed by atoms with Crippen molar-refractivity contribution in [2.45, 2.75) is 11.9 Å². The minimum Gasteiger partial charge on any atom is -0.487 e. The number of aromatic nitrogens is 1. The standard InChI is InChI=1S/C13H10BrCl2NO/c14-6-9-1-2-13(11(15)5-9)18-8-10-3-4-17-7-12(10)16/h1-5,7H,6,8H2. The van der Waals surface area contributed by atoms with E-state index in [2.05, 4.69) is 20.9 Å². The zero-order chi connectivity index (χ0) is 13.0. The van der Waals surface area contributed by atoms with E-state index in [-0.39, 0.29) is 0 Å². The molecule has 18 heavy (non-hydrogen) atoms. The van der Waals surface area contributed by atoms with Gasteiger partial charge < -0.3 is 4.74 Å². The summed E-state index contributed by atoms with van der Waals surface area (Å²) in [5.41, 5.74) is 1.99. The average molecular weight is 347 g/mol. The Balaban J connectivity index is 2.09. The SMILES string of the molecule is Clc1cnccc1COc1ccc(CBr)cc1Cl. The minimum absolute atomic E-state index is 0.370. The van der Waals surface area contributed by atoms with Crippen LogP contribution in [-0.4, -0.2) is 4.98 Å². The van der Waals surface area contributed by atoms with E-state index in [1.165, 1.54) is 0 Å². The van der Waals surface area contributed by atoms with Crippen molar-refractivity contribution in [2.24, 2.45) is 0 Å². The fourth-order valence-electron chi connectivity index (χ4n) is 1.42. The molecule has 5 heteroatoms. The second kappa shape index (κ2) is 6.41. The lowest BCUT2D eigenvalue weighted by Gasteiger charge is -2.09. The number of alkyl halides is 1. The Kier molecular flexibility index (Phi) is 4.87. The second-order valence-corrected chi connectivity index (χ2v) is 5.03. The Bertz CT molecular complexity index is 548. The van der Waals surface area contributed by atoms with E-state index in [0.717, 1.165) is 16.5 Å². The van der Waals surface area contributed by atoms with Crippen LogP contribution in [0.15, 0.2) is 36.7 Å². The zero-order valence-corrected chi connectivity index (χ0v) is 12.5. The highest BCUT2D eigenvalue weighted by molar-refractivity contribution is 9.08. The molecule has 0 aliphatic carbocycles. The van der Waals surface area contributed by atoms with E-state index in [9.17, 15) is 0 Å². The normalized spacial score (nSPS) is 10.4. The molecule has 0 aliphatic heterocycles. The van der Waals surface area contributed by atoms with Crippen molar-refractivity contribution < 1.29 is 4.74 Å². The molecule has 2 rings (SSSR count). The first-order valence-corrected chi connectivity index (χ1v) is 7.14. The summed E-state index contributed by atoms with van der Waals surface area (Å²) in [6.45, 7) is 0.370. The highest BCUT2D eigenvalue weighted by Crippen LogP contribution is 2.27. The molecule has 0 saturated heterocycles. The topological polar surface area (TPSA) is 22.1 Å². The first kappa shape index (κ1) is 13.7. The van der Waals surface area contributed by atoms with Gasteiger partial charge in [0, 0.05) is 23.3 Å². The van der Waals surface area contributed by atoms with Gasteiger partial charge in [-0.25, -0.2) is 0 Å². The largest absolute Gasteiger partial charge is 0.487 e. The van der Waals surface area contributed by atoms with Crippen LogP contribution < -0.4 is 4.74 Å². The molecule has 1 aromatic carbocycles. The quantitative estimate of drug-likeness (QED) is 0.737. The third-order valence-corrected chi connectivity index (χ3v) is 3.67. The Morgan fingerprint density at radius 1 is 1.17 bits per heavy atom. The highest BCUT2D eigenvalue weighted by Gasteiger charge is 2.05. The molecule has 1 aromatic heterocycles. The van der Waals surface area contributed by atoms with Crippen LogP contribution in [0.4, 0.5) is 0 Å². The van der Waals surface area contributed by atoms with Gasteiger partial charge in [-0.15, -0.1) is 0 Å². The van der Waals surface area contributed by atoms with Crippen molar-refractivity contribution in [3.8, 4) is 5.75 Å². The van der Waals surface area contributed by atoms with Crippen molar-refractivity contribution in [2.75, 3.05) is 0 Å². The maximum Gasteiger partial charge on any atom is 0.138 e. The predicted octanol–water partition coefficient (Wildman–Crippen LogP) is 4.86. The summed E-state index contributed by atoms with van der Waals surface area (Å²) in [4.78, 5) is 3.92. The van der Waals surface area contributed by atoms with Crippen LogP contribution in [0.5, 0.6) is 5.75 Å². The van der Waals surface area contributed by atoms with Gasteiger partial charge in [0.1, 0.15) is 12.4 Å². The van der Waals surface area contributed by atoms with Gasteiger partial charge in [0.25, 0.3) is 0 Å². The van der Waals surface area contributed by atoms with Crippen LogP contribution in [0.3, 0.4) is 0 Å². The van der Waals surface area contributed by atoms with Crippen molar-refractivity contribution in [1.82, 2.24) is 4.98 Å². The average Bonchev–Trinajstić information content (AvgIpc) is 2.39. The van der Waals surface area contributed by atoms with Crippen molar-refractivity contribution in [3.63, 3.8) is 0 Å². The molecule has 0 radical (unpaired) electrons. The highest BCUT2D eigenvalue weighted by atomic mass is 79.9. The number of benzene rings is 1. The van der Waals surface area contributed by atoms with E-state index in [4.69, 9.17) is 27.9 Å². The molecule has 0 unspecified atom stereocenters. The van der Waals surface area contributed by atoms with Crippen LogP contribution in [0, 0.1) is 0 Å². The molecule has 0 fully saturated rings. The minimum atomic E-state index is 0.370. The van der Waals surface area contributed by atoms with Gasteiger partial charge in [-0.3, -0.25) is 4.98 Å². The van der Waals surface area contributed by atoms with Gasteiger partial charge in [-0.1, -0.05) is 45.2 Å². The fourth-order valence-corrected chi connectivity index (χ4v) is 2.20. The van der Waals surface area contributed by atoms with Gasteiger partial charge in [-0.05, 0) is 23.8 Å². The molecule has 1 heterocycles. The molecule has 0 aliphatic rings. The predicted molar refractivity (Wildman–Crippen MR) is 77.7 cm³/mol. The molecular weight excluding hydrogens is 337 g/mol. The molecular formula is C13H10BrCl2NO. The number of rotatable bonds is 4. The molecule has 0 bridgehead atoms. The summed E-state index contributed by atoms with van der Waals surface area (Å²) < 4.78 is 5.64. The first-order valence-electron chi connectivity index (χ1n) is 5.26. The number of ether oxygens (including phenoxy) is 1. The number of pyridine rings is 1. The van der Waals surface area contributed by atoms with E-state index in [1.807, 2.05) is 24.3 Å².